The molecule has 0 saturated carbocycles. The zero-order valence-corrected chi connectivity index (χ0v) is 8.39. The van der Waals surface area contributed by atoms with Crippen LogP contribution in [0.3, 0.4) is 0 Å². The van der Waals surface area contributed by atoms with E-state index in [1.165, 1.54) is 30.3 Å². The normalized spacial score (nSPS) is 16.6. The van der Waals surface area contributed by atoms with Gasteiger partial charge in [-0.1, -0.05) is 30.3 Å². The molecule has 0 heterocycles. The van der Waals surface area contributed by atoms with Crippen LogP contribution in [-0.4, -0.2) is 33.5 Å². The van der Waals surface area contributed by atoms with E-state index in [4.69, 9.17) is 10.2 Å². The third-order valence-corrected chi connectivity index (χ3v) is 2.22. The van der Waals surface area contributed by atoms with E-state index in [1.54, 1.807) is 0 Å². The molecule has 17 heavy (non-hydrogen) atoms. The van der Waals surface area contributed by atoms with Crippen LogP contribution in [0, 0.1) is 0 Å². The van der Waals surface area contributed by atoms with Gasteiger partial charge in [-0.05, 0) is 5.56 Å². The Hall–Kier alpha value is -1.18. The first-order valence-corrected chi connectivity index (χ1v) is 4.56. The van der Waals surface area contributed by atoms with Gasteiger partial charge in [0, 0.05) is 0 Å². The maximum Gasteiger partial charge on any atom is 0.446 e. The zero-order valence-electron chi connectivity index (χ0n) is 8.39. The molecule has 0 aliphatic heterocycles. The molecule has 0 aliphatic rings. The number of halogens is 4. The first-order valence-electron chi connectivity index (χ1n) is 4.56. The summed E-state index contributed by atoms with van der Waals surface area (Å²) in [5.41, 5.74) is -0.184. The average Bonchev–Trinajstić information content (AvgIpc) is 2.26. The molecule has 0 spiro atoms. The van der Waals surface area contributed by atoms with Crippen molar-refractivity contribution < 1.29 is 32.9 Å². The topological polar surface area (TPSA) is 60.7 Å². The van der Waals surface area contributed by atoms with Crippen LogP contribution in [0.15, 0.2) is 30.3 Å². The Morgan fingerprint density at radius 2 is 1.47 bits per heavy atom. The summed E-state index contributed by atoms with van der Waals surface area (Å²) >= 11 is 0. The largest absolute Gasteiger partial charge is 0.446 e. The van der Waals surface area contributed by atoms with Crippen molar-refractivity contribution in [1.29, 1.82) is 0 Å². The molecule has 0 saturated heterocycles. The molecule has 1 aromatic carbocycles. The molecule has 0 fully saturated rings. The number of hydrogen-bond donors (Lipinski definition) is 3. The van der Waals surface area contributed by atoms with E-state index in [-0.39, 0.29) is 5.56 Å². The standard InChI is InChI=1S/C10H10F4O3/c11-8(9(16,17)10(12,13)14)7(15)6-4-2-1-3-5-6/h1-5,7-8,15-17H. The molecule has 0 aromatic heterocycles. The zero-order chi connectivity index (χ0) is 13.3. The Kier molecular flexibility index (Phi) is 3.75. The van der Waals surface area contributed by atoms with Gasteiger partial charge in [0.05, 0.1) is 0 Å². The summed E-state index contributed by atoms with van der Waals surface area (Å²) < 4.78 is 49.6. The second kappa shape index (κ2) is 4.59. The first-order chi connectivity index (χ1) is 7.68. The Balaban J connectivity index is 2.95. The monoisotopic (exact) mass is 254 g/mol. The van der Waals surface area contributed by atoms with E-state index in [1.807, 2.05) is 0 Å². The number of alkyl halides is 4. The lowest BCUT2D eigenvalue weighted by Crippen LogP contribution is -2.54. The average molecular weight is 254 g/mol. The van der Waals surface area contributed by atoms with Crippen molar-refractivity contribution in [3.63, 3.8) is 0 Å². The molecule has 3 N–H and O–H groups in total. The van der Waals surface area contributed by atoms with Crippen molar-refractivity contribution in [2.24, 2.45) is 0 Å². The van der Waals surface area contributed by atoms with Crippen LogP contribution in [0.25, 0.3) is 0 Å². The fourth-order valence-corrected chi connectivity index (χ4v) is 1.20. The summed E-state index contributed by atoms with van der Waals surface area (Å²) in [6.07, 6.45) is -11.2. The minimum Gasteiger partial charge on any atom is -0.385 e. The van der Waals surface area contributed by atoms with Crippen LogP contribution in [0.1, 0.15) is 11.7 Å². The molecule has 1 aromatic rings. The number of hydrogen-bond acceptors (Lipinski definition) is 3. The molecule has 0 aliphatic carbocycles. The van der Waals surface area contributed by atoms with Gasteiger partial charge in [-0.15, -0.1) is 0 Å². The first kappa shape index (κ1) is 13.9. The van der Waals surface area contributed by atoms with E-state index in [9.17, 15) is 22.7 Å². The quantitative estimate of drug-likeness (QED) is 0.563. The predicted molar refractivity (Wildman–Crippen MR) is 49.5 cm³/mol. The molecule has 3 nitrogen and oxygen atoms in total. The molecule has 0 amide bonds. The van der Waals surface area contributed by atoms with Crippen LogP contribution in [0.5, 0.6) is 0 Å². The highest BCUT2D eigenvalue weighted by atomic mass is 19.4. The summed E-state index contributed by atoms with van der Waals surface area (Å²) in [5.74, 6) is -4.59. The summed E-state index contributed by atoms with van der Waals surface area (Å²) in [4.78, 5) is 0. The molecule has 2 atom stereocenters. The summed E-state index contributed by atoms with van der Waals surface area (Å²) in [6, 6.07) is 6.59. The van der Waals surface area contributed by atoms with Gasteiger partial charge in [0.1, 0.15) is 6.10 Å². The third kappa shape index (κ3) is 2.74. The van der Waals surface area contributed by atoms with E-state index in [2.05, 4.69) is 0 Å². The van der Waals surface area contributed by atoms with Crippen LogP contribution in [0.4, 0.5) is 17.6 Å². The van der Waals surface area contributed by atoms with Crippen molar-refractivity contribution in [2.45, 2.75) is 24.2 Å². The van der Waals surface area contributed by atoms with E-state index < -0.39 is 24.2 Å². The second-order valence-electron chi connectivity index (χ2n) is 3.48. The minimum atomic E-state index is -5.60. The highest BCUT2D eigenvalue weighted by molar-refractivity contribution is 5.19. The van der Waals surface area contributed by atoms with Crippen LogP contribution in [-0.2, 0) is 0 Å². The lowest BCUT2D eigenvalue weighted by atomic mass is 9.99. The predicted octanol–water partition coefficient (Wildman–Crippen LogP) is 1.30. The highest BCUT2D eigenvalue weighted by Crippen LogP contribution is 2.37. The molecule has 7 heteroatoms. The number of aliphatic hydroxyl groups excluding tert-OH is 1. The molecule has 1 rings (SSSR count). The van der Waals surface area contributed by atoms with Crippen LogP contribution < -0.4 is 0 Å². The Morgan fingerprint density at radius 1 is 1.00 bits per heavy atom. The lowest BCUT2D eigenvalue weighted by Gasteiger charge is -2.30. The van der Waals surface area contributed by atoms with Gasteiger partial charge in [-0.25, -0.2) is 4.39 Å². The van der Waals surface area contributed by atoms with Crippen molar-refractivity contribution in [3.05, 3.63) is 35.9 Å². The van der Waals surface area contributed by atoms with Crippen molar-refractivity contribution in [1.82, 2.24) is 0 Å². The summed E-state index contributed by atoms with van der Waals surface area (Å²) in [5, 5.41) is 26.6. The Bertz CT molecular complexity index is 364. The number of aliphatic hydroxyl groups is 3. The SMILES string of the molecule is OC(c1ccccc1)C(F)C(O)(O)C(F)(F)F. The lowest BCUT2D eigenvalue weighted by molar-refractivity contribution is -0.377. The minimum absolute atomic E-state index is 0.184. The third-order valence-electron chi connectivity index (χ3n) is 2.22. The Morgan fingerprint density at radius 3 is 1.88 bits per heavy atom. The van der Waals surface area contributed by atoms with Crippen molar-refractivity contribution in [3.8, 4) is 0 Å². The second-order valence-corrected chi connectivity index (χ2v) is 3.48. The molecule has 2 unspecified atom stereocenters. The van der Waals surface area contributed by atoms with Crippen molar-refractivity contribution >= 4 is 0 Å². The van der Waals surface area contributed by atoms with Gasteiger partial charge in [-0.2, -0.15) is 13.2 Å². The van der Waals surface area contributed by atoms with Crippen LogP contribution >= 0.6 is 0 Å². The van der Waals surface area contributed by atoms with E-state index in [0.29, 0.717) is 0 Å². The maximum absolute atomic E-state index is 13.3. The smallest absolute Gasteiger partial charge is 0.385 e. The number of benzene rings is 1. The Labute approximate surface area is 93.9 Å². The molecular formula is C10H10F4O3. The molecule has 0 radical (unpaired) electrons. The highest BCUT2D eigenvalue weighted by Gasteiger charge is 2.61. The van der Waals surface area contributed by atoms with Gasteiger partial charge < -0.3 is 15.3 Å². The van der Waals surface area contributed by atoms with Gasteiger partial charge in [0.25, 0.3) is 5.79 Å². The summed E-state index contributed by atoms with van der Waals surface area (Å²) in [6.45, 7) is 0. The fourth-order valence-electron chi connectivity index (χ4n) is 1.20. The molecule has 0 bridgehead atoms. The number of rotatable bonds is 3. The van der Waals surface area contributed by atoms with Gasteiger partial charge in [0.15, 0.2) is 6.17 Å². The molecule has 96 valence electrons. The van der Waals surface area contributed by atoms with E-state index >= 15 is 0 Å². The van der Waals surface area contributed by atoms with Crippen molar-refractivity contribution in [2.75, 3.05) is 0 Å². The maximum atomic E-state index is 13.3. The fraction of sp³-hybridized carbons (Fsp3) is 0.400. The van der Waals surface area contributed by atoms with Gasteiger partial charge >= 0.3 is 6.18 Å². The summed E-state index contributed by atoms with van der Waals surface area (Å²) in [7, 11) is 0. The van der Waals surface area contributed by atoms with Gasteiger partial charge in [0.2, 0.25) is 0 Å². The van der Waals surface area contributed by atoms with E-state index in [0.717, 1.165) is 0 Å². The molecular weight excluding hydrogens is 244 g/mol. The van der Waals surface area contributed by atoms with Gasteiger partial charge in [-0.3, -0.25) is 0 Å². The van der Waals surface area contributed by atoms with Crippen LogP contribution in [0.2, 0.25) is 0 Å².